The molecule has 2 N–H and O–H groups in total. The van der Waals surface area contributed by atoms with Gasteiger partial charge in [-0.1, -0.05) is 0 Å². The number of rotatable bonds is 6. The lowest BCUT2D eigenvalue weighted by atomic mass is 10.1. The minimum absolute atomic E-state index is 0. The summed E-state index contributed by atoms with van der Waals surface area (Å²) < 4.78 is 70.7. The molecule has 2 rings (SSSR count). The van der Waals surface area contributed by atoms with Crippen LogP contribution in [0, 0.1) is 0 Å². The Morgan fingerprint density at radius 2 is 1.86 bits per heavy atom. The summed E-state index contributed by atoms with van der Waals surface area (Å²) in [5.74, 6) is -1.19. The zero-order valence-corrected chi connectivity index (χ0v) is 17.4. The molecule has 1 aliphatic rings. The summed E-state index contributed by atoms with van der Waals surface area (Å²) in [6.07, 6.45) is -4.89. The van der Waals surface area contributed by atoms with Gasteiger partial charge in [0, 0.05) is 39.3 Å². The van der Waals surface area contributed by atoms with E-state index in [9.17, 15) is 26.4 Å². The lowest BCUT2D eigenvalue weighted by molar-refractivity contribution is -0.138. The Morgan fingerprint density at radius 1 is 1.25 bits per heavy atom. The van der Waals surface area contributed by atoms with E-state index in [4.69, 9.17) is 0 Å². The molecule has 0 aliphatic carbocycles. The number of nitrogens with zero attached hydrogens (tertiary/aromatic N) is 1. The van der Waals surface area contributed by atoms with E-state index >= 15 is 0 Å². The molecule has 13 heteroatoms. The van der Waals surface area contributed by atoms with Gasteiger partial charge in [-0.15, -0.1) is 24.8 Å². The fraction of sp³-hybridized carbons (Fsp3) is 0.533. The average Bonchev–Trinajstić information content (AvgIpc) is 2.60. The molecule has 1 fully saturated rings. The highest BCUT2D eigenvalue weighted by Gasteiger charge is 2.37. The third kappa shape index (κ3) is 7.05. The monoisotopic (exact) mass is 467 g/mol. The van der Waals surface area contributed by atoms with E-state index in [0.717, 1.165) is 45.4 Å². The third-order valence-electron chi connectivity index (χ3n) is 3.94. The molecule has 1 aromatic rings. The average molecular weight is 468 g/mol. The van der Waals surface area contributed by atoms with Crippen LogP contribution in [0.25, 0.3) is 0 Å². The number of sulfonamides is 1. The van der Waals surface area contributed by atoms with Gasteiger partial charge in [0.05, 0.1) is 23.1 Å². The zero-order valence-electron chi connectivity index (χ0n) is 14.9. The van der Waals surface area contributed by atoms with Crippen molar-refractivity contribution in [3.63, 3.8) is 0 Å². The maximum atomic E-state index is 13.2. The van der Waals surface area contributed by atoms with Crippen molar-refractivity contribution in [2.24, 2.45) is 0 Å². The summed E-state index contributed by atoms with van der Waals surface area (Å²) in [5, 5.41) is 3.16. The van der Waals surface area contributed by atoms with Gasteiger partial charge in [0.15, 0.2) is 0 Å². The highest BCUT2D eigenvalue weighted by atomic mass is 35.5. The lowest BCUT2D eigenvalue weighted by Gasteiger charge is -2.27. The second-order valence-electron chi connectivity index (χ2n) is 5.69. The number of alkyl halides is 3. The molecule has 162 valence electrons. The molecule has 1 aromatic carbocycles. The van der Waals surface area contributed by atoms with Crippen molar-refractivity contribution in [2.75, 3.05) is 46.4 Å². The van der Waals surface area contributed by atoms with Gasteiger partial charge in [0.2, 0.25) is 10.0 Å². The molecule has 1 saturated heterocycles. The van der Waals surface area contributed by atoms with Gasteiger partial charge in [-0.25, -0.2) is 17.9 Å². The number of methoxy groups -OCH3 is 1. The van der Waals surface area contributed by atoms with Gasteiger partial charge < -0.3 is 10.1 Å². The van der Waals surface area contributed by atoms with Crippen LogP contribution in [0.1, 0.15) is 15.9 Å². The predicted molar refractivity (Wildman–Crippen MR) is 102 cm³/mol. The van der Waals surface area contributed by atoms with Crippen LogP contribution < -0.4 is 10.0 Å². The molecule has 0 atom stereocenters. The Hall–Kier alpha value is -1.11. The first-order valence-corrected chi connectivity index (χ1v) is 9.36. The number of benzene rings is 1. The molecule has 0 amide bonds. The number of esters is 1. The highest BCUT2D eigenvalue weighted by molar-refractivity contribution is 7.89. The molecule has 7 nitrogen and oxygen atoms in total. The fourth-order valence-electron chi connectivity index (χ4n) is 2.57. The van der Waals surface area contributed by atoms with E-state index in [2.05, 4.69) is 14.8 Å². The van der Waals surface area contributed by atoms with Gasteiger partial charge in [-0.2, -0.15) is 13.2 Å². The van der Waals surface area contributed by atoms with Crippen LogP contribution in [-0.2, 0) is 20.9 Å². The molecular formula is C15H22Cl2F3N3O4S. The van der Waals surface area contributed by atoms with E-state index in [1.807, 2.05) is 4.90 Å². The number of hydrogen-bond donors (Lipinski definition) is 2. The topological polar surface area (TPSA) is 87.7 Å². The second-order valence-corrected chi connectivity index (χ2v) is 7.45. The number of carbonyl (C=O) groups is 1. The van der Waals surface area contributed by atoms with E-state index in [-0.39, 0.29) is 31.4 Å². The number of carbonyl (C=O) groups excluding carboxylic acids is 1. The van der Waals surface area contributed by atoms with Crippen molar-refractivity contribution < 1.29 is 31.1 Å². The third-order valence-corrected chi connectivity index (χ3v) is 5.40. The number of ether oxygens (including phenoxy) is 1. The first kappa shape index (κ1) is 26.9. The zero-order chi connectivity index (χ0) is 19.4. The maximum Gasteiger partial charge on any atom is 0.417 e. The number of halogens is 5. The van der Waals surface area contributed by atoms with E-state index in [0.29, 0.717) is 12.6 Å². The Kier molecular flexibility index (Phi) is 10.7. The Balaban J connectivity index is 0.00000364. The lowest BCUT2D eigenvalue weighted by Crippen LogP contribution is -2.46. The quantitative estimate of drug-likeness (QED) is 0.616. The SMILES string of the molecule is COC(=O)c1ccc(S(=O)(=O)NCCN2CCNCC2)cc1C(F)(F)F.Cl.Cl. The number of piperazine rings is 1. The summed E-state index contributed by atoms with van der Waals surface area (Å²) in [5.41, 5.74) is -2.09. The van der Waals surface area contributed by atoms with Gasteiger partial charge >= 0.3 is 12.1 Å². The molecule has 0 bridgehead atoms. The maximum absolute atomic E-state index is 13.2. The molecule has 1 heterocycles. The minimum Gasteiger partial charge on any atom is -0.465 e. The molecule has 0 unspecified atom stereocenters. The van der Waals surface area contributed by atoms with Crippen LogP contribution >= 0.6 is 24.8 Å². The molecular weight excluding hydrogens is 446 g/mol. The fourth-order valence-corrected chi connectivity index (χ4v) is 3.62. The summed E-state index contributed by atoms with van der Waals surface area (Å²) in [6, 6.07) is 2.20. The van der Waals surface area contributed by atoms with Crippen LogP contribution in [0.4, 0.5) is 13.2 Å². The van der Waals surface area contributed by atoms with Crippen LogP contribution in [0.2, 0.25) is 0 Å². The van der Waals surface area contributed by atoms with Gasteiger partial charge in [0.1, 0.15) is 0 Å². The smallest absolute Gasteiger partial charge is 0.417 e. The standard InChI is InChI=1S/C15H20F3N3O4S.2ClH/c1-25-14(22)12-3-2-11(10-13(12)15(16,17)18)26(23,24)20-6-9-21-7-4-19-5-8-21;;/h2-3,10,19-20H,4-9H2,1H3;2*1H. The normalized spacial score (nSPS) is 15.3. The Labute approximate surface area is 173 Å². The predicted octanol–water partition coefficient (Wildman–Crippen LogP) is 1.52. The summed E-state index contributed by atoms with van der Waals surface area (Å²) in [7, 11) is -3.19. The Bertz CT molecular complexity index is 757. The Morgan fingerprint density at radius 3 is 2.39 bits per heavy atom. The first-order valence-electron chi connectivity index (χ1n) is 7.87. The number of nitrogens with one attached hydrogen (secondary N) is 2. The van der Waals surface area contributed by atoms with Crippen molar-refractivity contribution in [1.29, 1.82) is 0 Å². The minimum atomic E-state index is -4.89. The molecule has 1 aliphatic heterocycles. The van der Waals surface area contributed by atoms with Crippen molar-refractivity contribution in [3.05, 3.63) is 29.3 Å². The van der Waals surface area contributed by atoms with Crippen LogP contribution in [0.5, 0.6) is 0 Å². The van der Waals surface area contributed by atoms with Crippen LogP contribution in [0.15, 0.2) is 23.1 Å². The van der Waals surface area contributed by atoms with E-state index in [1.165, 1.54) is 0 Å². The molecule has 0 spiro atoms. The van der Waals surface area contributed by atoms with Crippen molar-refractivity contribution >= 4 is 40.8 Å². The largest absolute Gasteiger partial charge is 0.465 e. The van der Waals surface area contributed by atoms with E-state index < -0.39 is 38.2 Å². The van der Waals surface area contributed by atoms with Crippen LogP contribution in [0.3, 0.4) is 0 Å². The van der Waals surface area contributed by atoms with Crippen molar-refractivity contribution in [2.45, 2.75) is 11.1 Å². The first-order chi connectivity index (χ1) is 12.1. The summed E-state index contributed by atoms with van der Waals surface area (Å²) >= 11 is 0. The van der Waals surface area contributed by atoms with Gasteiger partial charge in [-0.3, -0.25) is 4.90 Å². The molecule has 0 saturated carbocycles. The summed E-state index contributed by atoms with van der Waals surface area (Å²) in [4.78, 5) is 13.0. The van der Waals surface area contributed by atoms with Crippen molar-refractivity contribution in [1.82, 2.24) is 14.9 Å². The number of hydrogen-bond acceptors (Lipinski definition) is 6. The molecule has 28 heavy (non-hydrogen) atoms. The van der Waals surface area contributed by atoms with Crippen molar-refractivity contribution in [3.8, 4) is 0 Å². The second kappa shape index (κ2) is 11.2. The molecule has 0 radical (unpaired) electrons. The van der Waals surface area contributed by atoms with Gasteiger partial charge in [0.25, 0.3) is 0 Å². The van der Waals surface area contributed by atoms with Gasteiger partial charge in [-0.05, 0) is 18.2 Å². The highest BCUT2D eigenvalue weighted by Crippen LogP contribution is 2.33. The molecule has 0 aromatic heterocycles. The van der Waals surface area contributed by atoms with E-state index in [1.54, 1.807) is 0 Å². The van der Waals surface area contributed by atoms with Crippen LogP contribution in [-0.4, -0.2) is 65.7 Å². The summed E-state index contributed by atoms with van der Waals surface area (Å²) in [6.45, 7) is 3.67.